The Balaban J connectivity index is 2.49. The molecule has 0 bridgehead atoms. The lowest BCUT2D eigenvalue weighted by molar-refractivity contribution is 0.174. The van der Waals surface area contributed by atoms with Crippen LogP contribution in [0.5, 0.6) is 11.5 Å². The van der Waals surface area contributed by atoms with Gasteiger partial charge in [0.25, 0.3) is 0 Å². The third kappa shape index (κ3) is 1.25. The van der Waals surface area contributed by atoms with Gasteiger partial charge in [-0.15, -0.1) is 0 Å². The van der Waals surface area contributed by atoms with Gasteiger partial charge in [-0.1, -0.05) is 0 Å². The highest BCUT2D eigenvalue weighted by Crippen LogP contribution is 2.35. The maximum atomic E-state index is 5.54. The number of halogens is 1. The molecule has 0 unspecified atom stereocenters. The van der Waals surface area contributed by atoms with E-state index in [0.29, 0.717) is 13.3 Å². The first-order valence-electron chi connectivity index (χ1n) is 3.59. The van der Waals surface area contributed by atoms with Crippen molar-refractivity contribution < 1.29 is 9.47 Å². The smallest absolute Gasteiger partial charge is 0.231 e. The molecule has 1 aliphatic heterocycles. The molecule has 0 aromatic heterocycles. The number of fused-ring (bicyclic) bond motifs is 1. The Morgan fingerprint density at radius 1 is 1.33 bits per heavy atom. The van der Waals surface area contributed by atoms with E-state index in [4.69, 9.17) is 15.2 Å². The number of ether oxygens (including phenoxy) is 2. The molecule has 1 heterocycles. The fourth-order valence-electron chi connectivity index (χ4n) is 1.12. The number of hydrogen-bond acceptors (Lipinski definition) is 3. The SMILES string of the molecule is NCc1cc2c(cc1I)OCO2. The van der Waals surface area contributed by atoms with Crippen LogP contribution in [0.4, 0.5) is 0 Å². The van der Waals surface area contributed by atoms with E-state index < -0.39 is 0 Å². The summed E-state index contributed by atoms with van der Waals surface area (Å²) < 4.78 is 11.6. The molecule has 4 heteroatoms. The third-order valence-corrected chi connectivity index (χ3v) is 2.77. The third-order valence-electron chi connectivity index (χ3n) is 1.76. The van der Waals surface area contributed by atoms with Crippen molar-refractivity contribution in [1.82, 2.24) is 0 Å². The zero-order chi connectivity index (χ0) is 8.55. The first-order valence-corrected chi connectivity index (χ1v) is 4.67. The Morgan fingerprint density at radius 3 is 2.67 bits per heavy atom. The van der Waals surface area contributed by atoms with Gasteiger partial charge in [-0.3, -0.25) is 0 Å². The number of benzene rings is 1. The van der Waals surface area contributed by atoms with Gasteiger partial charge in [0.2, 0.25) is 6.79 Å². The zero-order valence-electron chi connectivity index (χ0n) is 6.34. The molecule has 2 N–H and O–H groups in total. The van der Waals surface area contributed by atoms with Crippen LogP contribution in [-0.2, 0) is 6.54 Å². The van der Waals surface area contributed by atoms with Crippen LogP contribution in [-0.4, -0.2) is 6.79 Å². The van der Waals surface area contributed by atoms with E-state index in [-0.39, 0.29) is 0 Å². The first-order chi connectivity index (χ1) is 5.81. The van der Waals surface area contributed by atoms with Crippen molar-refractivity contribution in [2.24, 2.45) is 5.73 Å². The van der Waals surface area contributed by atoms with Gasteiger partial charge in [0, 0.05) is 10.1 Å². The molecule has 0 amide bonds. The van der Waals surface area contributed by atoms with Crippen molar-refractivity contribution in [3.05, 3.63) is 21.3 Å². The van der Waals surface area contributed by atoms with Gasteiger partial charge in [-0.25, -0.2) is 0 Å². The van der Waals surface area contributed by atoms with E-state index in [1.807, 2.05) is 12.1 Å². The molecule has 0 fully saturated rings. The van der Waals surface area contributed by atoms with Crippen LogP contribution in [0, 0.1) is 3.57 Å². The van der Waals surface area contributed by atoms with Crippen molar-refractivity contribution in [1.29, 1.82) is 0 Å². The summed E-state index contributed by atoms with van der Waals surface area (Å²) in [7, 11) is 0. The molecular formula is C8H8INO2. The molecule has 1 aromatic carbocycles. The molecule has 0 saturated heterocycles. The second-order valence-electron chi connectivity index (χ2n) is 2.50. The van der Waals surface area contributed by atoms with Crippen LogP contribution in [0.25, 0.3) is 0 Å². The van der Waals surface area contributed by atoms with E-state index in [0.717, 1.165) is 20.6 Å². The van der Waals surface area contributed by atoms with Gasteiger partial charge >= 0.3 is 0 Å². The molecule has 0 saturated carbocycles. The van der Waals surface area contributed by atoms with E-state index >= 15 is 0 Å². The number of rotatable bonds is 1. The van der Waals surface area contributed by atoms with Crippen LogP contribution in [0.15, 0.2) is 12.1 Å². The first kappa shape index (κ1) is 8.12. The van der Waals surface area contributed by atoms with Crippen molar-refractivity contribution in [3.63, 3.8) is 0 Å². The van der Waals surface area contributed by atoms with Gasteiger partial charge in [-0.05, 0) is 40.3 Å². The van der Waals surface area contributed by atoms with Crippen molar-refractivity contribution >= 4 is 22.6 Å². The predicted molar refractivity (Wildman–Crippen MR) is 53.2 cm³/mol. The van der Waals surface area contributed by atoms with Crippen LogP contribution < -0.4 is 15.2 Å². The molecule has 0 spiro atoms. The van der Waals surface area contributed by atoms with Gasteiger partial charge < -0.3 is 15.2 Å². The molecule has 12 heavy (non-hydrogen) atoms. The highest BCUT2D eigenvalue weighted by Gasteiger charge is 2.15. The average Bonchev–Trinajstić information content (AvgIpc) is 2.49. The molecule has 0 atom stereocenters. The molecule has 0 radical (unpaired) electrons. The Bertz CT molecular complexity index is 313. The summed E-state index contributed by atoms with van der Waals surface area (Å²) in [5, 5.41) is 0. The molecule has 0 aliphatic carbocycles. The highest BCUT2D eigenvalue weighted by atomic mass is 127. The maximum Gasteiger partial charge on any atom is 0.231 e. The van der Waals surface area contributed by atoms with E-state index in [9.17, 15) is 0 Å². The number of nitrogens with two attached hydrogens (primary N) is 1. The second kappa shape index (κ2) is 3.10. The minimum absolute atomic E-state index is 0.319. The normalized spacial score (nSPS) is 13.5. The average molecular weight is 277 g/mol. The van der Waals surface area contributed by atoms with Gasteiger partial charge in [0.15, 0.2) is 11.5 Å². The zero-order valence-corrected chi connectivity index (χ0v) is 8.50. The van der Waals surface area contributed by atoms with Gasteiger partial charge in [0.1, 0.15) is 0 Å². The Morgan fingerprint density at radius 2 is 2.00 bits per heavy atom. The van der Waals surface area contributed by atoms with E-state index in [1.165, 1.54) is 0 Å². The van der Waals surface area contributed by atoms with Crippen LogP contribution in [0.1, 0.15) is 5.56 Å². The summed E-state index contributed by atoms with van der Waals surface area (Å²) >= 11 is 2.24. The van der Waals surface area contributed by atoms with Crippen LogP contribution >= 0.6 is 22.6 Å². The molecule has 1 aliphatic rings. The molecule has 2 rings (SSSR count). The van der Waals surface area contributed by atoms with E-state index in [1.54, 1.807) is 0 Å². The Labute approximate surface area is 84.0 Å². The Kier molecular flexibility index (Phi) is 2.10. The lowest BCUT2D eigenvalue weighted by atomic mass is 10.2. The van der Waals surface area contributed by atoms with Crippen molar-refractivity contribution in [2.75, 3.05) is 6.79 Å². The van der Waals surface area contributed by atoms with E-state index in [2.05, 4.69) is 22.6 Å². The van der Waals surface area contributed by atoms with Gasteiger partial charge in [0.05, 0.1) is 0 Å². The Hall–Kier alpha value is -0.490. The van der Waals surface area contributed by atoms with Crippen molar-refractivity contribution in [2.45, 2.75) is 6.54 Å². The summed E-state index contributed by atoms with van der Waals surface area (Å²) in [6, 6.07) is 3.88. The highest BCUT2D eigenvalue weighted by molar-refractivity contribution is 14.1. The molecule has 1 aromatic rings. The number of hydrogen-bond donors (Lipinski definition) is 1. The topological polar surface area (TPSA) is 44.5 Å². The monoisotopic (exact) mass is 277 g/mol. The summed E-state index contributed by atoms with van der Waals surface area (Å²) in [6.45, 7) is 0.856. The quantitative estimate of drug-likeness (QED) is 0.791. The summed E-state index contributed by atoms with van der Waals surface area (Å²) in [5.41, 5.74) is 6.64. The summed E-state index contributed by atoms with van der Waals surface area (Å²) in [6.07, 6.45) is 0. The van der Waals surface area contributed by atoms with Crippen LogP contribution in [0.3, 0.4) is 0 Å². The lowest BCUT2D eigenvalue weighted by Gasteiger charge is -2.02. The molecule has 64 valence electrons. The molecule has 3 nitrogen and oxygen atoms in total. The predicted octanol–water partition coefficient (Wildman–Crippen LogP) is 1.48. The minimum atomic E-state index is 0.319. The minimum Gasteiger partial charge on any atom is -0.454 e. The van der Waals surface area contributed by atoms with Crippen LogP contribution in [0.2, 0.25) is 0 Å². The lowest BCUT2D eigenvalue weighted by Crippen LogP contribution is -1.98. The van der Waals surface area contributed by atoms with Crippen molar-refractivity contribution in [3.8, 4) is 11.5 Å². The summed E-state index contributed by atoms with van der Waals surface area (Å²) in [5.74, 6) is 1.62. The van der Waals surface area contributed by atoms with Gasteiger partial charge in [-0.2, -0.15) is 0 Å². The maximum absolute atomic E-state index is 5.54. The fraction of sp³-hybridized carbons (Fsp3) is 0.250. The standard InChI is InChI=1S/C8H8INO2/c9-6-2-8-7(11-4-12-8)1-5(6)3-10/h1-2H,3-4,10H2. The second-order valence-corrected chi connectivity index (χ2v) is 3.66. The fourth-order valence-corrected chi connectivity index (χ4v) is 1.77. The molecular weight excluding hydrogens is 269 g/mol. The summed E-state index contributed by atoms with van der Waals surface area (Å²) in [4.78, 5) is 0. The largest absolute Gasteiger partial charge is 0.454 e.